The minimum atomic E-state index is 0.286. The number of hydrogen-bond acceptors (Lipinski definition) is 4. The number of anilines is 1. The van der Waals surface area contributed by atoms with Gasteiger partial charge in [0.2, 0.25) is 0 Å². The lowest BCUT2D eigenvalue weighted by atomic mass is 10.2. The second-order valence-corrected chi connectivity index (χ2v) is 4.19. The Bertz CT molecular complexity index is 338. The number of nitrogens with one attached hydrogen (secondary N) is 1. The molecule has 0 saturated carbocycles. The molecule has 1 aliphatic heterocycles. The largest absolute Gasteiger partial charge is 0.376 e. The van der Waals surface area contributed by atoms with Crippen molar-refractivity contribution in [3.05, 3.63) is 23.9 Å². The summed E-state index contributed by atoms with van der Waals surface area (Å²) < 4.78 is 11.2. The molecule has 1 atom stereocenters. The van der Waals surface area contributed by atoms with Gasteiger partial charge in [-0.2, -0.15) is 0 Å². The van der Waals surface area contributed by atoms with Crippen LogP contribution in [0, 0.1) is 0 Å². The topological polar surface area (TPSA) is 43.4 Å². The first-order valence-corrected chi connectivity index (χ1v) is 6.27. The van der Waals surface area contributed by atoms with Crippen LogP contribution in [-0.4, -0.2) is 30.8 Å². The molecular weight excluding hydrogens is 216 g/mol. The highest BCUT2D eigenvalue weighted by atomic mass is 16.5. The van der Waals surface area contributed by atoms with E-state index in [0.29, 0.717) is 13.2 Å². The SMILES string of the molecule is CCNc1ncccc1COCC1CCCO1. The fraction of sp³-hybridized carbons (Fsp3) is 0.615. The number of aromatic nitrogens is 1. The molecule has 1 aliphatic rings. The second kappa shape index (κ2) is 6.57. The summed E-state index contributed by atoms with van der Waals surface area (Å²) in [4.78, 5) is 4.30. The van der Waals surface area contributed by atoms with Gasteiger partial charge in [-0.3, -0.25) is 0 Å². The lowest BCUT2D eigenvalue weighted by molar-refractivity contribution is 0.0107. The summed E-state index contributed by atoms with van der Waals surface area (Å²) in [6.07, 6.45) is 4.35. The van der Waals surface area contributed by atoms with E-state index in [1.807, 2.05) is 12.1 Å². The van der Waals surface area contributed by atoms with Crippen LogP contribution in [0.2, 0.25) is 0 Å². The van der Waals surface area contributed by atoms with Crippen molar-refractivity contribution >= 4 is 5.82 Å². The zero-order chi connectivity index (χ0) is 11.9. The molecule has 2 rings (SSSR count). The number of hydrogen-bond donors (Lipinski definition) is 1. The van der Waals surface area contributed by atoms with E-state index in [2.05, 4.69) is 17.2 Å². The summed E-state index contributed by atoms with van der Waals surface area (Å²) in [6.45, 7) is 5.08. The molecule has 94 valence electrons. The molecular formula is C13H20N2O2. The Morgan fingerprint density at radius 2 is 2.53 bits per heavy atom. The molecule has 1 aromatic rings. The average molecular weight is 236 g/mol. The van der Waals surface area contributed by atoms with Gasteiger partial charge in [-0.1, -0.05) is 6.07 Å². The van der Waals surface area contributed by atoms with Crippen molar-refractivity contribution in [2.75, 3.05) is 25.1 Å². The van der Waals surface area contributed by atoms with Crippen LogP contribution in [-0.2, 0) is 16.1 Å². The summed E-state index contributed by atoms with van der Waals surface area (Å²) in [5.41, 5.74) is 1.10. The molecule has 0 aromatic carbocycles. The second-order valence-electron chi connectivity index (χ2n) is 4.19. The summed E-state index contributed by atoms with van der Waals surface area (Å²) >= 11 is 0. The fourth-order valence-corrected chi connectivity index (χ4v) is 1.96. The molecule has 1 fully saturated rings. The molecule has 4 heteroatoms. The van der Waals surface area contributed by atoms with Crippen molar-refractivity contribution in [1.82, 2.24) is 4.98 Å². The van der Waals surface area contributed by atoms with Gasteiger partial charge < -0.3 is 14.8 Å². The van der Waals surface area contributed by atoms with Gasteiger partial charge in [-0.25, -0.2) is 4.98 Å². The Morgan fingerprint density at radius 1 is 1.59 bits per heavy atom. The van der Waals surface area contributed by atoms with Crippen molar-refractivity contribution in [3.8, 4) is 0 Å². The van der Waals surface area contributed by atoms with Crippen molar-refractivity contribution in [2.45, 2.75) is 32.5 Å². The van der Waals surface area contributed by atoms with Crippen molar-refractivity contribution in [2.24, 2.45) is 0 Å². The Hall–Kier alpha value is -1.13. The van der Waals surface area contributed by atoms with E-state index in [1.54, 1.807) is 6.20 Å². The number of nitrogens with zero attached hydrogens (tertiary/aromatic N) is 1. The van der Waals surface area contributed by atoms with Gasteiger partial charge in [0.1, 0.15) is 5.82 Å². The first-order chi connectivity index (χ1) is 8.40. The standard InChI is InChI=1S/C13H20N2O2/c1-2-14-13-11(5-3-7-15-13)9-16-10-12-6-4-8-17-12/h3,5,7,12H,2,4,6,8-10H2,1H3,(H,14,15). The monoisotopic (exact) mass is 236 g/mol. The summed E-state index contributed by atoms with van der Waals surface area (Å²) in [6, 6.07) is 3.98. The lowest BCUT2D eigenvalue weighted by Crippen LogP contribution is -2.14. The van der Waals surface area contributed by atoms with Gasteiger partial charge in [0.05, 0.1) is 19.3 Å². The minimum absolute atomic E-state index is 0.286. The van der Waals surface area contributed by atoms with Crippen molar-refractivity contribution in [1.29, 1.82) is 0 Å². The molecule has 1 unspecified atom stereocenters. The van der Waals surface area contributed by atoms with Crippen LogP contribution in [0.3, 0.4) is 0 Å². The maximum absolute atomic E-state index is 5.69. The van der Waals surface area contributed by atoms with Crippen LogP contribution in [0.15, 0.2) is 18.3 Å². The molecule has 0 amide bonds. The zero-order valence-electron chi connectivity index (χ0n) is 10.3. The smallest absolute Gasteiger partial charge is 0.131 e. The van der Waals surface area contributed by atoms with Crippen LogP contribution < -0.4 is 5.32 Å². The number of rotatable bonds is 6. The van der Waals surface area contributed by atoms with Crippen LogP contribution >= 0.6 is 0 Å². The highest BCUT2D eigenvalue weighted by Crippen LogP contribution is 2.15. The normalized spacial score (nSPS) is 19.5. The number of ether oxygens (including phenoxy) is 2. The molecule has 0 radical (unpaired) electrons. The van der Waals surface area contributed by atoms with E-state index in [0.717, 1.165) is 37.4 Å². The van der Waals surface area contributed by atoms with E-state index < -0.39 is 0 Å². The molecule has 4 nitrogen and oxygen atoms in total. The third-order valence-electron chi connectivity index (χ3n) is 2.82. The molecule has 17 heavy (non-hydrogen) atoms. The quantitative estimate of drug-likeness (QED) is 0.822. The van der Waals surface area contributed by atoms with Crippen LogP contribution in [0.5, 0.6) is 0 Å². The number of pyridine rings is 1. The maximum Gasteiger partial charge on any atom is 0.131 e. The highest BCUT2D eigenvalue weighted by molar-refractivity contribution is 5.42. The van der Waals surface area contributed by atoms with E-state index in [4.69, 9.17) is 9.47 Å². The zero-order valence-corrected chi connectivity index (χ0v) is 10.3. The van der Waals surface area contributed by atoms with Gasteiger partial charge in [-0.15, -0.1) is 0 Å². The van der Waals surface area contributed by atoms with Crippen LogP contribution in [0.1, 0.15) is 25.3 Å². The van der Waals surface area contributed by atoms with Gasteiger partial charge >= 0.3 is 0 Å². The molecule has 0 bridgehead atoms. The summed E-state index contributed by atoms with van der Waals surface area (Å²) in [5.74, 6) is 0.919. The summed E-state index contributed by atoms with van der Waals surface area (Å²) in [7, 11) is 0. The minimum Gasteiger partial charge on any atom is -0.376 e. The van der Waals surface area contributed by atoms with Crippen LogP contribution in [0.25, 0.3) is 0 Å². The average Bonchev–Trinajstić information content (AvgIpc) is 2.85. The van der Waals surface area contributed by atoms with E-state index in [9.17, 15) is 0 Å². The molecule has 1 saturated heterocycles. The van der Waals surface area contributed by atoms with E-state index in [-0.39, 0.29) is 6.10 Å². The van der Waals surface area contributed by atoms with Crippen molar-refractivity contribution in [3.63, 3.8) is 0 Å². The van der Waals surface area contributed by atoms with Crippen molar-refractivity contribution < 1.29 is 9.47 Å². The Balaban J connectivity index is 1.80. The predicted octanol–water partition coefficient (Wildman–Crippen LogP) is 2.21. The van der Waals surface area contributed by atoms with Gasteiger partial charge in [0, 0.05) is 24.9 Å². The molecule has 2 heterocycles. The van der Waals surface area contributed by atoms with E-state index in [1.165, 1.54) is 0 Å². The molecule has 1 N–H and O–H groups in total. The van der Waals surface area contributed by atoms with Gasteiger partial charge in [-0.05, 0) is 25.8 Å². The third-order valence-corrected chi connectivity index (χ3v) is 2.82. The fourth-order valence-electron chi connectivity index (χ4n) is 1.96. The molecule has 0 aliphatic carbocycles. The Labute approximate surface area is 102 Å². The Kier molecular flexibility index (Phi) is 4.76. The third kappa shape index (κ3) is 3.68. The lowest BCUT2D eigenvalue weighted by Gasteiger charge is -2.12. The Morgan fingerprint density at radius 3 is 3.29 bits per heavy atom. The first-order valence-electron chi connectivity index (χ1n) is 6.27. The highest BCUT2D eigenvalue weighted by Gasteiger charge is 2.15. The predicted molar refractivity (Wildman–Crippen MR) is 67.0 cm³/mol. The maximum atomic E-state index is 5.69. The van der Waals surface area contributed by atoms with Crippen LogP contribution in [0.4, 0.5) is 5.82 Å². The van der Waals surface area contributed by atoms with Gasteiger partial charge in [0.25, 0.3) is 0 Å². The van der Waals surface area contributed by atoms with E-state index >= 15 is 0 Å². The van der Waals surface area contributed by atoms with Gasteiger partial charge in [0.15, 0.2) is 0 Å². The molecule has 1 aromatic heterocycles. The summed E-state index contributed by atoms with van der Waals surface area (Å²) in [5, 5.41) is 3.23. The molecule has 0 spiro atoms. The first kappa shape index (κ1) is 12.3.